The molecular weight excluding hydrogens is 206 g/mol. The molecule has 0 atom stereocenters. The second-order valence-electron chi connectivity index (χ2n) is 3.68. The highest BCUT2D eigenvalue weighted by Gasteiger charge is 2.15. The molecule has 1 N–H and O–H groups in total. The van der Waals surface area contributed by atoms with Gasteiger partial charge in [0.05, 0.1) is 13.2 Å². The van der Waals surface area contributed by atoms with E-state index in [1.807, 2.05) is 6.92 Å². The number of nitrogens with zero attached hydrogens (tertiary/aromatic N) is 2. The van der Waals surface area contributed by atoms with Crippen molar-refractivity contribution in [2.75, 3.05) is 25.1 Å². The molecule has 1 saturated heterocycles. The molecule has 1 aliphatic heterocycles. The SMILES string of the molecule is CCNc1nccc(OC2CCOCC2)n1. The van der Waals surface area contributed by atoms with Crippen LogP contribution in [0.25, 0.3) is 0 Å². The normalized spacial score (nSPS) is 17.1. The van der Waals surface area contributed by atoms with E-state index in [-0.39, 0.29) is 6.10 Å². The predicted molar refractivity (Wildman–Crippen MR) is 60.7 cm³/mol. The molecule has 88 valence electrons. The molecule has 0 saturated carbocycles. The Labute approximate surface area is 95.2 Å². The van der Waals surface area contributed by atoms with Gasteiger partial charge in [0.1, 0.15) is 6.10 Å². The van der Waals surface area contributed by atoms with Crippen LogP contribution < -0.4 is 10.1 Å². The van der Waals surface area contributed by atoms with Crippen molar-refractivity contribution < 1.29 is 9.47 Å². The lowest BCUT2D eigenvalue weighted by atomic mass is 10.2. The predicted octanol–water partition coefficient (Wildman–Crippen LogP) is 1.47. The van der Waals surface area contributed by atoms with Gasteiger partial charge in [0.2, 0.25) is 11.8 Å². The fourth-order valence-corrected chi connectivity index (χ4v) is 1.62. The molecule has 1 aromatic heterocycles. The van der Waals surface area contributed by atoms with Crippen LogP contribution in [0.4, 0.5) is 5.95 Å². The summed E-state index contributed by atoms with van der Waals surface area (Å²) >= 11 is 0. The molecule has 16 heavy (non-hydrogen) atoms. The van der Waals surface area contributed by atoms with Crippen molar-refractivity contribution in [3.63, 3.8) is 0 Å². The quantitative estimate of drug-likeness (QED) is 0.837. The van der Waals surface area contributed by atoms with E-state index < -0.39 is 0 Å². The number of ether oxygens (including phenoxy) is 2. The van der Waals surface area contributed by atoms with Gasteiger partial charge >= 0.3 is 0 Å². The molecule has 0 radical (unpaired) electrons. The molecule has 2 rings (SSSR count). The smallest absolute Gasteiger partial charge is 0.225 e. The zero-order valence-corrected chi connectivity index (χ0v) is 9.48. The Morgan fingerprint density at radius 2 is 2.31 bits per heavy atom. The summed E-state index contributed by atoms with van der Waals surface area (Å²) in [6, 6.07) is 1.79. The summed E-state index contributed by atoms with van der Waals surface area (Å²) in [7, 11) is 0. The minimum Gasteiger partial charge on any atom is -0.474 e. The standard InChI is InChI=1S/C11H17N3O2/c1-2-12-11-13-6-3-10(14-11)16-9-4-7-15-8-5-9/h3,6,9H,2,4-5,7-8H2,1H3,(H,12,13,14). The first kappa shape index (κ1) is 11.1. The average molecular weight is 223 g/mol. The van der Waals surface area contributed by atoms with Gasteiger partial charge in [-0.3, -0.25) is 0 Å². The monoisotopic (exact) mass is 223 g/mol. The van der Waals surface area contributed by atoms with E-state index in [9.17, 15) is 0 Å². The highest BCUT2D eigenvalue weighted by molar-refractivity contribution is 5.27. The molecule has 5 heteroatoms. The average Bonchev–Trinajstić information content (AvgIpc) is 2.31. The molecule has 0 bridgehead atoms. The number of nitrogens with one attached hydrogen (secondary N) is 1. The Bertz CT molecular complexity index is 327. The molecule has 0 unspecified atom stereocenters. The van der Waals surface area contributed by atoms with Crippen LogP contribution in [-0.2, 0) is 4.74 Å². The van der Waals surface area contributed by atoms with Crippen LogP contribution in [0.1, 0.15) is 19.8 Å². The maximum Gasteiger partial charge on any atom is 0.225 e. The maximum absolute atomic E-state index is 5.77. The zero-order valence-electron chi connectivity index (χ0n) is 9.48. The van der Waals surface area contributed by atoms with Crippen LogP contribution in [0.3, 0.4) is 0 Å². The highest BCUT2D eigenvalue weighted by atomic mass is 16.5. The molecule has 0 amide bonds. The van der Waals surface area contributed by atoms with Gasteiger partial charge in [0, 0.05) is 31.6 Å². The summed E-state index contributed by atoms with van der Waals surface area (Å²) in [5.41, 5.74) is 0. The third-order valence-corrected chi connectivity index (χ3v) is 2.42. The van der Waals surface area contributed by atoms with E-state index in [0.717, 1.165) is 32.6 Å². The number of rotatable bonds is 4. The Morgan fingerprint density at radius 1 is 1.50 bits per heavy atom. The lowest BCUT2D eigenvalue weighted by molar-refractivity contribution is 0.0237. The fraction of sp³-hybridized carbons (Fsp3) is 0.636. The molecule has 1 aliphatic rings. The van der Waals surface area contributed by atoms with Gasteiger partial charge in [-0.2, -0.15) is 4.98 Å². The van der Waals surface area contributed by atoms with Crippen molar-refractivity contribution in [2.45, 2.75) is 25.9 Å². The van der Waals surface area contributed by atoms with E-state index in [2.05, 4.69) is 15.3 Å². The molecule has 5 nitrogen and oxygen atoms in total. The van der Waals surface area contributed by atoms with E-state index in [1.165, 1.54) is 0 Å². The van der Waals surface area contributed by atoms with E-state index >= 15 is 0 Å². The van der Waals surface area contributed by atoms with Crippen LogP contribution in [0, 0.1) is 0 Å². The summed E-state index contributed by atoms with van der Waals surface area (Å²) in [4.78, 5) is 8.37. The highest BCUT2D eigenvalue weighted by Crippen LogP contribution is 2.16. The summed E-state index contributed by atoms with van der Waals surface area (Å²) in [6.45, 7) is 4.36. The molecule has 0 aromatic carbocycles. The van der Waals surface area contributed by atoms with Crippen LogP contribution in [-0.4, -0.2) is 35.8 Å². The van der Waals surface area contributed by atoms with Crippen molar-refractivity contribution in [3.8, 4) is 5.88 Å². The van der Waals surface area contributed by atoms with Gasteiger partial charge in [-0.05, 0) is 6.92 Å². The van der Waals surface area contributed by atoms with Crippen LogP contribution in [0.15, 0.2) is 12.3 Å². The largest absolute Gasteiger partial charge is 0.474 e. The Hall–Kier alpha value is -1.36. The minimum absolute atomic E-state index is 0.220. The van der Waals surface area contributed by atoms with Gasteiger partial charge < -0.3 is 14.8 Å². The fourth-order valence-electron chi connectivity index (χ4n) is 1.62. The Morgan fingerprint density at radius 3 is 3.06 bits per heavy atom. The number of anilines is 1. The summed E-state index contributed by atoms with van der Waals surface area (Å²) in [5.74, 6) is 1.25. The van der Waals surface area contributed by atoms with E-state index in [0.29, 0.717) is 11.8 Å². The maximum atomic E-state index is 5.77. The van der Waals surface area contributed by atoms with Gasteiger partial charge in [0.15, 0.2) is 0 Å². The van der Waals surface area contributed by atoms with E-state index in [4.69, 9.17) is 9.47 Å². The number of hydrogen-bond donors (Lipinski definition) is 1. The molecule has 2 heterocycles. The van der Waals surface area contributed by atoms with Crippen molar-refractivity contribution in [1.82, 2.24) is 9.97 Å². The second-order valence-corrected chi connectivity index (χ2v) is 3.68. The molecule has 1 fully saturated rings. The van der Waals surface area contributed by atoms with Crippen molar-refractivity contribution in [1.29, 1.82) is 0 Å². The number of aromatic nitrogens is 2. The molecule has 1 aromatic rings. The molecule has 0 aliphatic carbocycles. The number of hydrogen-bond acceptors (Lipinski definition) is 5. The van der Waals surface area contributed by atoms with Crippen LogP contribution >= 0.6 is 0 Å². The minimum atomic E-state index is 0.220. The van der Waals surface area contributed by atoms with E-state index in [1.54, 1.807) is 12.3 Å². The lowest BCUT2D eigenvalue weighted by Gasteiger charge is -2.22. The molecule has 0 spiro atoms. The van der Waals surface area contributed by atoms with Crippen molar-refractivity contribution in [3.05, 3.63) is 12.3 Å². The topological polar surface area (TPSA) is 56.3 Å². The first-order valence-corrected chi connectivity index (χ1v) is 5.70. The van der Waals surface area contributed by atoms with Gasteiger partial charge in [-0.15, -0.1) is 0 Å². The first-order chi connectivity index (χ1) is 7.88. The van der Waals surface area contributed by atoms with Crippen LogP contribution in [0.2, 0.25) is 0 Å². The van der Waals surface area contributed by atoms with Gasteiger partial charge in [0.25, 0.3) is 0 Å². The third kappa shape index (κ3) is 3.06. The van der Waals surface area contributed by atoms with Crippen LogP contribution in [0.5, 0.6) is 5.88 Å². The molecular formula is C11H17N3O2. The summed E-state index contributed by atoms with van der Waals surface area (Å²) in [5, 5.41) is 3.06. The Balaban J connectivity index is 1.94. The van der Waals surface area contributed by atoms with Crippen molar-refractivity contribution >= 4 is 5.95 Å². The lowest BCUT2D eigenvalue weighted by Crippen LogP contribution is -2.26. The Kier molecular flexibility index (Phi) is 3.93. The second kappa shape index (κ2) is 5.65. The summed E-state index contributed by atoms with van der Waals surface area (Å²) in [6.07, 6.45) is 3.79. The zero-order chi connectivity index (χ0) is 11.2. The first-order valence-electron chi connectivity index (χ1n) is 5.70. The third-order valence-electron chi connectivity index (χ3n) is 2.42. The van der Waals surface area contributed by atoms with Crippen molar-refractivity contribution in [2.24, 2.45) is 0 Å². The summed E-state index contributed by atoms with van der Waals surface area (Å²) < 4.78 is 11.0. The van der Waals surface area contributed by atoms with Gasteiger partial charge in [-0.25, -0.2) is 4.98 Å². The van der Waals surface area contributed by atoms with Gasteiger partial charge in [-0.1, -0.05) is 0 Å².